The van der Waals surface area contributed by atoms with Crippen molar-refractivity contribution in [2.45, 2.75) is 30.2 Å². The number of carboxylic acid groups (broad SMARTS) is 1. The predicted molar refractivity (Wildman–Crippen MR) is 96.8 cm³/mol. The summed E-state index contributed by atoms with van der Waals surface area (Å²) in [5, 5.41) is 13.1. The van der Waals surface area contributed by atoms with E-state index in [2.05, 4.69) is 10.00 Å². The summed E-state index contributed by atoms with van der Waals surface area (Å²) >= 11 is 0. The first-order chi connectivity index (χ1) is 12.5. The van der Waals surface area contributed by atoms with E-state index in [1.165, 1.54) is 4.68 Å². The van der Waals surface area contributed by atoms with Gasteiger partial charge in [-0.25, -0.2) is 8.42 Å². The summed E-state index contributed by atoms with van der Waals surface area (Å²) in [6, 6.07) is 10.4. The molecule has 0 bridgehead atoms. The van der Waals surface area contributed by atoms with E-state index in [1.54, 1.807) is 36.5 Å². The van der Waals surface area contributed by atoms with Gasteiger partial charge in [-0.15, -0.1) is 0 Å². The van der Waals surface area contributed by atoms with Crippen molar-refractivity contribution < 1.29 is 18.3 Å². The highest BCUT2D eigenvalue weighted by atomic mass is 32.2. The molecule has 0 radical (unpaired) electrons. The van der Waals surface area contributed by atoms with Crippen molar-refractivity contribution in [1.82, 2.24) is 14.7 Å². The molecule has 1 aliphatic heterocycles. The van der Waals surface area contributed by atoms with Gasteiger partial charge in [-0.05, 0) is 37.6 Å². The van der Waals surface area contributed by atoms with Crippen molar-refractivity contribution in [3.8, 4) is 0 Å². The van der Waals surface area contributed by atoms with Crippen LogP contribution >= 0.6 is 0 Å². The van der Waals surface area contributed by atoms with Gasteiger partial charge in [0.15, 0.2) is 9.84 Å². The molecule has 1 atom stereocenters. The predicted octanol–water partition coefficient (Wildman–Crippen LogP) is 1.62. The molecule has 7 nitrogen and oxygen atoms in total. The zero-order chi connectivity index (χ0) is 18.6. The van der Waals surface area contributed by atoms with Gasteiger partial charge in [0.1, 0.15) is 6.54 Å². The minimum Gasteiger partial charge on any atom is -0.480 e. The highest BCUT2D eigenvalue weighted by Gasteiger charge is 2.25. The van der Waals surface area contributed by atoms with Crippen LogP contribution in [0.1, 0.15) is 24.5 Å². The fraction of sp³-hybridized carbons (Fsp3) is 0.444. The van der Waals surface area contributed by atoms with Crippen LogP contribution in [0.25, 0.3) is 0 Å². The van der Waals surface area contributed by atoms with Gasteiger partial charge in [-0.1, -0.05) is 18.2 Å². The van der Waals surface area contributed by atoms with E-state index in [0.717, 1.165) is 31.6 Å². The molecule has 2 aromatic rings. The Morgan fingerprint density at radius 1 is 1.23 bits per heavy atom. The van der Waals surface area contributed by atoms with Crippen LogP contribution in [-0.2, 0) is 21.2 Å². The molecule has 0 amide bonds. The van der Waals surface area contributed by atoms with E-state index in [1.807, 2.05) is 6.07 Å². The molecule has 1 saturated heterocycles. The molecule has 1 aromatic heterocycles. The van der Waals surface area contributed by atoms with Crippen LogP contribution in [0.4, 0.5) is 0 Å². The summed E-state index contributed by atoms with van der Waals surface area (Å²) in [6.07, 6.45) is 3.53. The van der Waals surface area contributed by atoms with Crippen LogP contribution in [-0.4, -0.2) is 59.6 Å². The number of piperidine rings is 1. The largest absolute Gasteiger partial charge is 0.480 e. The van der Waals surface area contributed by atoms with E-state index in [0.29, 0.717) is 11.4 Å². The number of benzene rings is 1. The fourth-order valence-electron chi connectivity index (χ4n) is 3.44. The summed E-state index contributed by atoms with van der Waals surface area (Å²) in [4.78, 5) is 13.5. The minimum absolute atomic E-state index is 0.0815. The lowest BCUT2D eigenvalue weighted by atomic mass is 9.94. The molecule has 1 aliphatic rings. The first-order valence-electron chi connectivity index (χ1n) is 8.69. The molecule has 0 aliphatic carbocycles. The van der Waals surface area contributed by atoms with E-state index >= 15 is 0 Å². The Balaban J connectivity index is 1.63. The quantitative estimate of drug-likeness (QED) is 0.788. The highest BCUT2D eigenvalue weighted by Crippen LogP contribution is 2.27. The number of hydrogen-bond acceptors (Lipinski definition) is 5. The van der Waals surface area contributed by atoms with E-state index < -0.39 is 15.8 Å². The molecule has 8 heteroatoms. The molecule has 26 heavy (non-hydrogen) atoms. The third-order valence-corrected chi connectivity index (χ3v) is 6.45. The average Bonchev–Trinajstić information content (AvgIpc) is 3.08. The minimum atomic E-state index is -3.29. The number of rotatable bonds is 7. The van der Waals surface area contributed by atoms with Crippen LogP contribution in [0.5, 0.6) is 0 Å². The number of likely N-dealkylation sites (tertiary alicyclic amines) is 1. The molecule has 0 saturated carbocycles. The van der Waals surface area contributed by atoms with Crippen LogP contribution in [0, 0.1) is 0 Å². The molecule has 0 spiro atoms. The fourth-order valence-corrected chi connectivity index (χ4v) is 4.75. The maximum Gasteiger partial charge on any atom is 0.325 e. The number of carbonyl (C=O) groups is 1. The molecule has 1 aromatic carbocycles. The Kier molecular flexibility index (Phi) is 5.73. The molecule has 2 heterocycles. The van der Waals surface area contributed by atoms with E-state index in [9.17, 15) is 13.2 Å². The summed E-state index contributed by atoms with van der Waals surface area (Å²) in [7, 11) is -3.29. The number of hydrogen-bond donors (Lipinski definition) is 1. The van der Waals surface area contributed by atoms with Gasteiger partial charge in [0, 0.05) is 30.9 Å². The molecule has 1 N–H and O–H groups in total. The Morgan fingerprint density at radius 3 is 2.73 bits per heavy atom. The number of nitrogens with zero attached hydrogens (tertiary/aromatic N) is 3. The van der Waals surface area contributed by atoms with Crippen molar-refractivity contribution in [3.05, 3.63) is 48.3 Å². The van der Waals surface area contributed by atoms with Gasteiger partial charge >= 0.3 is 5.97 Å². The van der Waals surface area contributed by atoms with Crippen molar-refractivity contribution in [3.63, 3.8) is 0 Å². The van der Waals surface area contributed by atoms with Gasteiger partial charge in [-0.3, -0.25) is 9.48 Å². The number of sulfone groups is 1. The Bertz CT molecular complexity index is 848. The van der Waals surface area contributed by atoms with Crippen LogP contribution in [0.3, 0.4) is 0 Å². The van der Waals surface area contributed by atoms with Gasteiger partial charge in [0.05, 0.1) is 10.6 Å². The second-order valence-electron chi connectivity index (χ2n) is 6.58. The van der Waals surface area contributed by atoms with Crippen molar-refractivity contribution in [1.29, 1.82) is 0 Å². The summed E-state index contributed by atoms with van der Waals surface area (Å²) in [5.41, 5.74) is 0.906. The molecule has 140 valence electrons. The third-order valence-electron chi connectivity index (χ3n) is 4.74. The van der Waals surface area contributed by atoms with E-state index in [-0.39, 0.29) is 18.2 Å². The molecule has 0 unspecified atom stereocenters. The van der Waals surface area contributed by atoms with Crippen molar-refractivity contribution in [2.75, 3.05) is 25.4 Å². The monoisotopic (exact) mass is 377 g/mol. The first kappa shape index (κ1) is 18.6. The molecule has 3 rings (SSSR count). The standard InChI is InChI=1S/C18H23N3O4S/c22-18(23)14-21-17(8-9-19-21)15-5-4-10-20(13-15)11-12-26(24,25)16-6-2-1-3-7-16/h1-3,6-9,15H,4-5,10-14H2,(H,22,23)/t15-/m1/s1. The summed E-state index contributed by atoms with van der Waals surface area (Å²) in [6.45, 7) is 1.89. The molecular weight excluding hydrogens is 354 g/mol. The van der Waals surface area contributed by atoms with Gasteiger partial charge < -0.3 is 10.0 Å². The summed E-state index contributed by atoms with van der Waals surface area (Å²) < 4.78 is 26.4. The zero-order valence-electron chi connectivity index (χ0n) is 14.5. The molecular formula is C18H23N3O4S. The Hall–Kier alpha value is -2.19. The molecule has 1 fully saturated rings. The van der Waals surface area contributed by atoms with Gasteiger partial charge in [-0.2, -0.15) is 5.10 Å². The lowest BCUT2D eigenvalue weighted by molar-refractivity contribution is -0.137. The van der Waals surface area contributed by atoms with E-state index in [4.69, 9.17) is 5.11 Å². The average molecular weight is 377 g/mol. The smallest absolute Gasteiger partial charge is 0.325 e. The zero-order valence-corrected chi connectivity index (χ0v) is 15.3. The third kappa shape index (κ3) is 4.50. The SMILES string of the molecule is O=C(O)Cn1nccc1[C@@H]1CCCN(CCS(=O)(=O)c2ccccc2)C1. The van der Waals surface area contributed by atoms with Crippen LogP contribution < -0.4 is 0 Å². The van der Waals surface area contributed by atoms with Crippen molar-refractivity contribution in [2.24, 2.45) is 0 Å². The second kappa shape index (κ2) is 8.01. The van der Waals surface area contributed by atoms with Gasteiger partial charge in [0.2, 0.25) is 0 Å². The van der Waals surface area contributed by atoms with Gasteiger partial charge in [0.25, 0.3) is 0 Å². The van der Waals surface area contributed by atoms with Crippen LogP contribution in [0.15, 0.2) is 47.5 Å². The van der Waals surface area contributed by atoms with Crippen LogP contribution in [0.2, 0.25) is 0 Å². The number of aromatic nitrogens is 2. The lowest BCUT2D eigenvalue weighted by Gasteiger charge is -2.32. The number of carboxylic acids is 1. The second-order valence-corrected chi connectivity index (χ2v) is 8.69. The maximum atomic E-state index is 12.5. The Morgan fingerprint density at radius 2 is 2.00 bits per heavy atom. The summed E-state index contributed by atoms with van der Waals surface area (Å²) in [5.74, 6) is -0.667. The van der Waals surface area contributed by atoms with Crippen molar-refractivity contribution >= 4 is 15.8 Å². The maximum absolute atomic E-state index is 12.5. The Labute approximate surface area is 153 Å². The lowest BCUT2D eigenvalue weighted by Crippen LogP contribution is -2.38. The first-order valence-corrected chi connectivity index (χ1v) is 10.3. The normalized spacial score (nSPS) is 18.7. The number of aliphatic carboxylic acids is 1. The topological polar surface area (TPSA) is 92.5 Å². The highest BCUT2D eigenvalue weighted by molar-refractivity contribution is 7.91.